The Morgan fingerprint density at radius 1 is 0.308 bits per heavy atom. The smallest absolute Gasteiger partial charge is 0.306 e. The molecule has 0 bridgehead atoms. The zero-order valence-electron chi connectivity index (χ0n) is 41.2. The number of esters is 3. The summed E-state index contributed by atoms with van der Waals surface area (Å²) in [7, 11) is 0. The number of unbranched alkanes of at least 4 members (excludes halogenated alkanes) is 8. The summed E-state index contributed by atoms with van der Waals surface area (Å²) in [4.78, 5) is 37.9. The fourth-order valence-corrected chi connectivity index (χ4v) is 6.14. The van der Waals surface area contributed by atoms with Gasteiger partial charge in [0.2, 0.25) is 0 Å². The van der Waals surface area contributed by atoms with Crippen molar-refractivity contribution in [3.8, 4) is 0 Å². The normalized spacial score (nSPS) is 13.3. The minimum absolute atomic E-state index is 0.131. The van der Waals surface area contributed by atoms with Crippen LogP contribution in [0.3, 0.4) is 0 Å². The Balaban J connectivity index is 4.52. The molecule has 65 heavy (non-hydrogen) atoms. The molecule has 0 aromatic rings. The summed E-state index contributed by atoms with van der Waals surface area (Å²) in [6.45, 7) is 6.15. The first-order chi connectivity index (χ1) is 32.0. The molecule has 1 atom stereocenters. The van der Waals surface area contributed by atoms with Gasteiger partial charge in [-0.2, -0.15) is 0 Å². The molecule has 1 unspecified atom stereocenters. The molecule has 0 radical (unpaired) electrons. The summed E-state index contributed by atoms with van der Waals surface area (Å²) in [5.41, 5.74) is 0. The first-order valence-electron chi connectivity index (χ1n) is 25.3. The lowest BCUT2D eigenvalue weighted by Gasteiger charge is -2.18. The van der Waals surface area contributed by atoms with Crippen molar-refractivity contribution >= 4 is 17.9 Å². The van der Waals surface area contributed by atoms with Gasteiger partial charge in [-0.1, -0.05) is 192 Å². The number of hydrogen-bond acceptors (Lipinski definition) is 6. The van der Waals surface area contributed by atoms with E-state index in [2.05, 4.69) is 154 Å². The van der Waals surface area contributed by atoms with Crippen LogP contribution in [-0.2, 0) is 28.6 Å². The number of ether oxygens (including phenoxy) is 3. The van der Waals surface area contributed by atoms with Gasteiger partial charge in [-0.05, 0) is 122 Å². The molecule has 0 aromatic carbocycles. The number of carbonyl (C=O) groups is 3. The molecular formula is C59H90O6. The van der Waals surface area contributed by atoms with Gasteiger partial charge in [-0.25, -0.2) is 0 Å². The van der Waals surface area contributed by atoms with Crippen LogP contribution in [0.5, 0.6) is 0 Å². The summed E-state index contributed by atoms with van der Waals surface area (Å²) in [6.07, 6.45) is 74.3. The van der Waals surface area contributed by atoms with Gasteiger partial charge in [-0.3, -0.25) is 14.4 Å². The quantitative estimate of drug-likeness (QED) is 0.0263. The second kappa shape index (κ2) is 51.9. The Bertz CT molecular complexity index is 1490. The first-order valence-corrected chi connectivity index (χ1v) is 25.3. The van der Waals surface area contributed by atoms with Gasteiger partial charge >= 0.3 is 17.9 Å². The lowest BCUT2D eigenvalue weighted by molar-refractivity contribution is -0.166. The molecule has 0 amide bonds. The first kappa shape index (κ1) is 60.3. The zero-order chi connectivity index (χ0) is 47.2. The Morgan fingerprint density at radius 2 is 0.585 bits per heavy atom. The highest BCUT2D eigenvalue weighted by molar-refractivity contribution is 5.71. The second-order valence-corrected chi connectivity index (χ2v) is 15.9. The van der Waals surface area contributed by atoms with Crippen molar-refractivity contribution in [1.82, 2.24) is 0 Å². The van der Waals surface area contributed by atoms with Crippen LogP contribution in [0, 0.1) is 0 Å². The summed E-state index contributed by atoms with van der Waals surface area (Å²) < 4.78 is 16.6. The fourth-order valence-electron chi connectivity index (χ4n) is 6.14. The Kier molecular flexibility index (Phi) is 48.2. The maximum Gasteiger partial charge on any atom is 0.306 e. The van der Waals surface area contributed by atoms with Crippen molar-refractivity contribution < 1.29 is 28.6 Å². The number of carbonyl (C=O) groups excluding carboxylic acids is 3. The molecule has 362 valence electrons. The van der Waals surface area contributed by atoms with E-state index in [9.17, 15) is 14.4 Å². The minimum atomic E-state index is -0.834. The molecule has 0 saturated heterocycles. The summed E-state index contributed by atoms with van der Waals surface area (Å²) in [6, 6.07) is 0. The summed E-state index contributed by atoms with van der Waals surface area (Å²) >= 11 is 0. The van der Waals surface area contributed by atoms with E-state index in [-0.39, 0.29) is 44.0 Å². The molecular weight excluding hydrogens is 805 g/mol. The third-order valence-corrected chi connectivity index (χ3v) is 9.83. The van der Waals surface area contributed by atoms with E-state index in [0.29, 0.717) is 19.3 Å². The van der Waals surface area contributed by atoms with Crippen LogP contribution in [0.2, 0.25) is 0 Å². The average Bonchev–Trinajstić information content (AvgIpc) is 3.30. The summed E-state index contributed by atoms with van der Waals surface area (Å²) in [5.74, 6) is -1.08. The Labute approximate surface area is 397 Å². The van der Waals surface area contributed by atoms with E-state index >= 15 is 0 Å². The van der Waals surface area contributed by atoms with E-state index in [1.54, 1.807) is 0 Å². The van der Waals surface area contributed by atoms with Gasteiger partial charge in [0, 0.05) is 19.3 Å². The van der Waals surface area contributed by atoms with Crippen molar-refractivity contribution in [1.29, 1.82) is 0 Å². The molecule has 0 heterocycles. The lowest BCUT2D eigenvalue weighted by atomic mass is 10.1. The number of rotatable bonds is 43. The van der Waals surface area contributed by atoms with E-state index in [4.69, 9.17) is 14.2 Å². The molecule has 0 rings (SSSR count). The molecule has 0 aromatic heterocycles. The van der Waals surface area contributed by atoms with Gasteiger partial charge in [-0.15, -0.1) is 0 Å². The van der Waals surface area contributed by atoms with Gasteiger partial charge in [0.05, 0.1) is 0 Å². The summed E-state index contributed by atoms with van der Waals surface area (Å²) in [5, 5.41) is 0. The topological polar surface area (TPSA) is 78.9 Å². The van der Waals surface area contributed by atoms with Gasteiger partial charge < -0.3 is 14.2 Å². The minimum Gasteiger partial charge on any atom is -0.462 e. The van der Waals surface area contributed by atoms with Crippen LogP contribution < -0.4 is 0 Å². The van der Waals surface area contributed by atoms with E-state index in [1.807, 2.05) is 12.2 Å². The highest BCUT2D eigenvalue weighted by Crippen LogP contribution is 2.12. The molecule has 0 saturated carbocycles. The van der Waals surface area contributed by atoms with E-state index in [1.165, 1.54) is 12.8 Å². The van der Waals surface area contributed by atoms with Gasteiger partial charge in [0.25, 0.3) is 0 Å². The maximum absolute atomic E-state index is 12.8. The van der Waals surface area contributed by atoms with Crippen molar-refractivity contribution in [2.45, 2.75) is 194 Å². The second-order valence-electron chi connectivity index (χ2n) is 15.9. The van der Waals surface area contributed by atoms with Crippen molar-refractivity contribution in [3.05, 3.63) is 146 Å². The molecule has 6 nitrogen and oxygen atoms in total. The van der Waals surface area contributed by atoms with Crippen LogP contribution in [0.1, 0.15) is 188 Å². The molecule has 0 N–H and O–H groups in total. The van der Waals surface area contributed by atoms with Gasteiger partial charge in [0.1, 0.15) is 13.2 Å². The molecule has 0 aliphatic heterocycles. The number of allylic oxidation sites excluding steroid dienone is 24. The van der Waals surface area contributed by atoms with Crippen LogP contribution in [-0.4, -0.2) is 37.2 Å². The van der Waals surface area contributed by atoms with Gasteiger partial charge in [0.15, 0.2) is 6.10 Å². The third-order valence-electron chi connectivity index (χ3n) is 9.83. The predicted molar refractivity (Wildman–Crippen MR) is 279 cm³/mol. The lowest BCUT2D eigenvalue weighted by Crippen LogP contribution is -2.30. The predicted octanol–water partition coefficient (Wildman–Crippen LogP) is 16.9. The SMILES string of the molecule is CC/C=C\C/C=C\C/C=C\C/C=C\C/C=C\C/C=C\CCC(=O)OCC(COC(=O)CCCC/C=C\C/C=C\CC)OC(=O)CCCCCCCC/C=C\C/C=C\C/C=C\C/C=C\CC. The zero-order valence-corrected chi connectivity index (χ0v) is 41.2. The molecule has 0 spiro atoms. The molecule has 0 aliphatic rings. The Hall–Kier alpha value is -4.71. The van der Waals surface area contributed by atoms with E-state index in [0.717, 1.165) is 122 Å². The fraction of sp³-hybridized carbons (Fsp3) is 0.542. The average molecular weight is 895 g/mol. The van der Waals surface area contributed by atoms with Crippen molar-refractivity contribution in [2.24, 2.45) is 0 Å². The largest absolute Gasteiger partial charge is 0.462 e. The molecule has 0 fully saturated rings. The van der Waals surface area contributed by atoms with Crippen LogP contribution in [0.25, 0.3) is 0 Å². The van der Waals surface area contributed by atoms with Crippen LogP contribution in [0.4, 0.5) is 0 Å². The van der Waals surface area contributed by atoms with Crippen molar-refractivity contribution in [2.75, 3.05) is 13.2 Å². The maximum atomic E-state index is 12.8. The van der Waals surface area contributed by atoms with E-state index < -0.39 is 6.10 Å². The highest BCUT2D eigenvalue weighted by atomic mass is 16.6. The standard InChI is InChI=1S/C59H90O6/c1-4-7-10-13-16-19-21-23-25-27-29-31-33-35-37-40-43-46-49-52-58(61)64-55-56(54-63-57(60)51-48-45-42-39-18-15-12-9-6-3)65-59(62)53-50-47-44-41-38-36-34-32-30-28-26-24-22-20-17-14-11-8-5-2/h7-12,16-20,23-26,29-32,35,37,39,43,46,56H,4-6,13-15,21-22,27-28,33-34,36,38,40-42,44-45,47-55H2,1-3H3/b10-7-,11-8-,12-9-,19-16-,20-17-,25-23-,26-24-,31-29-,32-30-,37-35-,39-18-,46-43-. The number of hydrogen-bond donors (Lipinski definition) is 0. The Morgan fingerprint density at radius 3 is 0.985 bits per heavy atom. The van der Waals surface area contributed by atoms with Crippen LogP contribution in [0.15, 0.2) is 146 Å². The van der Waals surface area contributed by atoms with Crippen LogP contribution >= 0.6 is 0 Å². The monoisotopic (exact) mass is 895 g/mol. The van der Waals surface area contributed by atoms with Crippen molar-refractivity contribution in [3.63, 3.8) is 0 Å². The molecule has 6 heteroatoms. The molecule has 0 aliphatic carbocycles. The third kappa shape index (κ3) is 50.2. The highest BCUT2D eigenvalue weighted by Gasteiger charge is 2.19.